The Hall–Kier alpha value is -2.91. The first kappa shape index (κ1) is 16.0. The molecule has 0 aliphatic carbocycles. The fraction of sp³-hybridized carbons (Fsp3) is 0.0556. The molecule has 2 aromatic carbocycles. The highest BCUT2D eigenvalue weighted by Gasteiger charge is 2.10. The molecule has 0 atom stereocenters. The maximum absolute atomic E-state index is 12.8. The van der Waals surface area contributed by atoms with Gasteiger partial charge in [-0.3, -0.25) is 4.79 Å². The number of fused-ring (bicyclic) bond motifs is 1. The predicted molar refractivity (Wildman–Crippen MR) is 92.2 cm³/mol. The number of carbonyl (C=O) groups excluding carboxylic acids is 1. The molecule has 1 aromatic heterocycles. The highest BCUT2D eigenvalue weighted by Crippen LogP contribution is 2.24. The summed E-state index contributed by atoms with van der Waals surface area (Å²) in [5.74, 6) is -0.496. The van der Waals surface area contributed by atoms with E-state index in [4.69, 9.17) is 0 Å². The van der Waals surface area contributed by atoms with Gasteiger partial charge in [-0.1, -0.05) is 30.0 Å². The van der Waals surface area contributed by atoms with Crippen LogP contribution in [-0.2, 0) is 4.79 Å². The molecule has 4 nitrogen and oxygen atoms in total. The maximum atomic E-state index is 12.8. The summed E-state index contributed by atoms with van der Waals surface area (Å²) in [6.45, 7) is 0. The van der Waals surface area contributed by atoms with Gasteiger partial charge < -0.3 is 5.32 Å². The van der Waals surface area contributed by atoms with E-state index >= 15 is 0 Å². The minimum Gasteiger partial charge on any atom is -0.325 e. The van der Waals surface area contributed by atoms with Crippen molar-refractivity contribution in [2.24, 2.45) is 0 Å². The Morgan fingerprint density at radius 2 is 1.96 bits per heavy atom. The number of pyridine rings is 1. The lowest BCUT2D eigenvalue weighted by atomic mass is 10.2. The zero-order chi connectivity index (χ0) is 16.9. The number of para-hydroxylation sites is 1. The van der Waals surface area contributed by atoms with Gasteiger partial charge in [-0.15, -0.1) is 0 Å². The number of aromatic nitrogens is 1. The molecular weight excluding hydrogens is 325 g/mol. The molecule has 3 aromatic rings. The third-order valence-corrected chi connectivity index (χ3v) is 4.27. The topological polar surface area (TPSA) is 65.8 Å². The number of nitrogens with one attached hydrogen (secondary N) is 1. The number of halogens is 1. The molecule has 0 unspecified atom stereocenters. The first-order valence-corrected chi connectivity index (χ1v) is 8.12. The number of amides is 1. The molecule has 6 heteroatoms. The highest BCUT2D eigenvalue weighted by atomic mass is 32.2. The van der Waals surface area contributed by atoms with Gasteiger partial charge in [0, 0.05) is 11.1 Å². The number of thioether (sulfide) groups is 1. The molecule has 0 fully saturated rings. The number of hydrogen-bond acceptors (Lipinski definition) is 4. The first-order valence-electron chi connectivity index (χ1n) is 7.14. The van der Waals surface area contributed by atoms with Gasteiger partial charge >= 0.3 is 0 Å². The van der Waals surface area contributed by atoms with E-state index in [2.05, 4.69) is 16.4 Å². The van der Waals surface area contributed by atoms with Crippen molar-refractivity contribution in [2.75, 3.05) is 11.1 Å². The van der Waals surface area contributed by atoms with Crippen molar-refractivity contribution in [1.82, 2.24) is 4.98 Å². The second kappa shape index (κ2) is 7.11. The lowest BCUT2D eigenvalue weighted by Crippen LogP contribution is -2.14. The van der Waals surface area contributed by atoms with Crippen LogP contribution in [0.3, 0.4) is 0 Å². The Kier molecular flexibility index (Phi) is 4.73. The Morgan fingerprint density at radius 3 is 2.71 bits per heavy atom. The van der Waals surface area contributed by atoms with Crippen molar-refractivity contribution < 1.29 is 9.18 Å². The number of nitriles is 1. The molecule has 118 valence electrons. The average Bonchev–Trinajstić information content (AvgIpc) is 2.61. The second-order valence-electron chi connectivity index (χ2n) is 4.99. The van der Waals surface area contributed by atoms with Gasteiger partial charge in [0.1, 0.15) is 16.9 Å². The number of benzene rings is 2. The van der Waals surface area contributed by atoms with Crippen molar-refractivity contribution in [3.63, 3.8) is 0 Å². The third-order valence-electron chi connectivity index (χ3n) is 3.28. The highest BCUT2D eigenvalue weighted by molar-refractivity contribution is 8.00. The summed E-state index contributed by atoms with van der Waals surface area (Å²) in [5.41, 5.74) is 1.74. The lowest BCUT2D eigenvalue weighted by Gasteiger charge is -2.07. The minimum absolute atomic E-state index is 0.109. The lowest BCUT2D eigenvalue weighted by molar-refractivity contribution is -0.113. The monoisotopic (exact) mass is 337 g/mol. The van der Waals surface area contributed by atoms with Crippen LogP contribution in [0.5, 0.6) is 0 Å². The van der Waals surface area contributed by atoms with Crippen LogP contribution in [0.2, 0.25) is 0 Å². The number of rotatable bonds is 4. The van der Waals surface area contributed by atoms with Gasteiger partial charge in [0.25, 0.3) is 0 Å². The Labute approximate surface area is 142 Å². The van der Waals surface area contributed by atoms with Crippen LogP contribution in [0.25, 0.3) is 10.9 Å². The van der Waals surface area contributed by atoms with Gasteiger partial charge in [0.15, 0.2) is 0 Å². The number of nitrogens with zero attached hydrogens (tertiary/aromatic N) is 2. The molecule has 1 heterocycles. The Bertz CT molecular complexity index is 935. The number of anilines is 1. The largest absolute Gasteiger partial charge is 0.325 e. The van der Waals surface area contributed by atoms with Crippen LogP contribution < -0.4 is 5.32 Å². The van der Waals surface area contributed by atoms with Crippen molar-refractivity contribution in [1.29, 1.82) is 5.26 Å². The van der Waals surface area contributed by atoms with E-state index in [1.165, 1.54) is 36.0 Å². The van der Waals surface area contributed by atoms with Crippen LogP contribution >= 0.6 is 11.8 Å². The van der Waals surface area contributed by atoms with E-state index in [-0.39, 0.29) is 17.5 Å². The summed E-state index contributed by atoms with van der Waals surface area (Å²) in [7, 11) is 0. The first-order chi connectivity index (χ1) is 11.7. The Balaban J connectivity index is 1.71. The van der Waals surface area contributed by atoms with Gasteiger partial charge in [-0.2, -0.15) is 5.26 Å². The van der Waals surface area contributed by atoms with E-state index in [9.17, 15) is 14.4 Å². The molecule has 1 amide bonds. The molecule has 0 saturated carbocycles. The van der Waals surface area contributed by atoms with Gasteiger partial charge in [0.05, 0.1) is 16.8 Å². The fourth-order valence-corrected chi connectivity index (χ4v) is 2.92. The molecule has 0 saturated heterocycles. The van der Waals surface area contributed by atoms with Gasteiger partial charge in [-0.25, -0.2) is 9.37 Å². The summed E-state index contributed by atoms with van der Waals surface area (Å²) in [6.07, 6.45) is 0. The summed E-state index contributed by atoms with van der Waals surface area (Å²) < 4.78 is 12.8. The molecule has 0 radical (unpaired) electrons. The van der Waals surface area contributed by atoms with E-state index in [0.717, 1.165) is 10.9 Å². The molecule has 1 N–H and O–H groups in total. The standard InChI is InChI=1S/C18H12FN3OS/c19-14-5-7-15(8-6-14)21-17(23)11-24-18-13(10-20)9-12-3-1-2-4-16(12)22-18/h1-9H,11H2,(H,21,23). The molecular formula is C18H12FN3OS. The van der Waals surface area contributed by atoms with Crippen LogP contribution in [0.15, 0.2) is 59.6 Å². The van der Waals surface area contributed by atoms with E-state index in [1.54, 1.807) is 6.07 Å². The minimum atomic E-state index is -0.360. The molecule has 0 spiro atoms. The molecule has 3 rings (SSSR count). The smallest absolute Gasteiger partial charge is 0.234 e. The van der Waals surface area contributed by atoms with Crippen LogP contribution in [-0.4, -0.2) is 16.6 Å². The van der Waals surface area contributed by atoms with Crippen molar-refractivity contribution in [2.45, 2.75) is 5.03 Å². The number of hydrogen-bond donors (Lipinski definition) is 1. The summed E-state index contributed by atoms with van der Waals surface area (Å²) in [6, 6.07) is 16.9. The Morgan fingerprint density at radius 1 is 1.21 bits per heavy atom. The van der Waals surface area contributed by atoms with Crippen LogP contribution in [0, 0.1) is 17.1 Å². The molecule has 0 bridgehead atoms. The van der Waals surface area contributed by atoms with Crippen LogP contribution in [0.1, 0.15) is 5.56 Å². The third kappa shape index (κ3) is 3.70. The van der Waals surface area contributed by atoms with Crippen molar-refractivity contribution in [3.8, 4) is 6.07 Å². The maximum Gasteiger partial charge on any atom is 0.234 e. The number of carbonyl (C=O) groups is 1. The van der Waals surface area contributed by atoms with Gasteiger partial charge in [-0.05, 0) is 36.4 Å². The second-order valence-corrected chi connectivity index (χ2v) is 5.95. The molecule has 24 heavy (non-hydrogen) atoms. The fourth-order valence-electron chi connectivity index (χ4n) is 2.15. The molecule has 0 aliphatic rings. The van der Waals surface area contributed by atoms with Gasteiger partial charge in [0.2, 0.25) is 5.91 Å². The normalized spacial score (nSPS) is 10.3. The van der Waals surface area contributed by atoms with E-state index < -0.39 is 0 Å². The average molecular weight is 337 g/mol. The summed E-state index contributed by atoms with van der Waals surface area (Å²) in [5, 5.41) is 13.3. The summed E-state index contributed by atoms with van der Waals surface area (Å²) >= 11 is 1.20. The zero-order valence-electron chi connectivity index (χ0n) is 12.5. The quantitative estimate of drug-likeness (QED) is 0.732. The van der Waals surface area contributed by atoms with E-state index in [0.29, 0.717) is 16.3 Å². The predicted octanol–water partition coefficient (Wildman–Crippen LogP) is 3.98. The SMILES string of the molecule is N#Cc1cc2ccccc2nc1SCC(=O)Nc1ccc(F)cc1. The van der Waals surface area contributed by atoms with Crippen LogP contribution in [0.4, 0.5) is 10.1 Å². The summed E-state index contributed by atoms with van der Waals surface area (Å²) in [4.78, 5) is 16.4. The molecule has 0 aliphatic heterocycles. The van der Waals surface area contributed by atoms with E-state index in [1.807, 2.05) is 24.3 Å². The van der Waals surface area contributed by atoms with Crippen molar-refractivity contribution >= 4 is 34.3 Å². The zero-order valence-corrected chi connectivity index (χ0v) is 13.3. The van der Waals surface area contributed by atoms with Crippen molar-refractivity contribution in [3.05, 3.63) is 66.0 Å².